The van der Waals surface area contributed by atoms with Gasteiger partial charge < -0.3 is 31.5 Å². The Labute approximate surface area is 178 Å². The molecule has 1 fully saturated rings. The summed E-state index contributed by atoms with van der Waals surface area (Å²) in [4.78, 5) is 64.9. The van der Waals surface area contributed by atoms with E-state index in [-0.39, 0.29) is 22.8 Å². The van der Waals surface area contributed by atoms with Crippen molar-refractivity contribution < 1.29 is 20.1 Å². The van der Waals surface area contributed by atoms with Crippen LogP contribution >= 0.6 is 0 Å². The number of nitrogens with zero attached hydrogens (tertiary/aromatic N) is 5. The molecule has 4 atom stereocenters. The van der Waals surface area contributed by atoms with Crippen molar-refractivity contribution in [1.29, 1.82) is 0 Å². The molecule has 2 unspecified atom stereocenters. The van der Waals surface area contributed by atoms with Crippen molar-refractivity contribution in [3.8, 4) is 0 Å². The van der Waals surface area contributed by atoms with E-state index in [0.717, 1.165) is 4.57 Å². The van der Waals surface area contributed by atoms with Crippen LogP contribution in [0.5, 0.6) is 0 Å². The van der Waals surface area contributed by atoms with E-state index in [1.165, 1.54) is 0 Å². The number of nitrogen functional groups attached to an aromatic ring is 2. The summed E-state index contributed by atoms with van der Waals surface area (Å²) >= 11 is 0. The van der Waals surface area contributed by atoms with Gasteiger partial charge in [0.2, 0.25) is 11.9 Å². The van der Waals surface area contributed by atoms with E-state index >= 15 is 0 Å². The molecule has 18 nitrogen and oxygen atoms in total. The molecule has 0 aliphatic carbocycles. The molecule has 0 bridgehead atoms. The molecule has 5 rings (SSSR count). The molecule has 5 heterocycles. The van der Waals surface area contributed by atoms with E-state index in [0.29, 0.717) is 9.35 Å². The predicted molar refractivity (Wildman–Crippen MR) is 108 cm³/mol. The highest BCUT2D eigenvalue weighted by atomic mass is 16.6. The SMILES string of the molecule is Nc1nc2c([nH]c(=O)n2-n2c(N)nc3c([nH]c(=O)n3[C@@H]3O[C@H](CO)C(O)C3O)c2=O)c(=O)[nH]1. The lowest BCUT2D eigenvalue weighted by Gasteiger charge is -2.16. The topological polar surface area (TPSA) is 278 Å². The number of ether oxygens (including phenoxy) is 1. The molecule has 0 saturated carbocycles. The third kappa shape index (κ3) is 2.75. The molecule has 0 amide bonds. The Hall–Kier alpha value is -4.26. The molecule has 1 aliphatic heterocycles. The largest absolute Gasteiger partial charge is 0.394 e. The van der Waals surface area contributed by atoms with Crippen LogP contribution in [0.2, 0.25) is 0 Å². The van der Waals surface area contributed by atoms with Gasteiger partial charge in [-0.3, -0.25) is 24.5 Å². The van der Waals surface area contributed by atoms with Crippen LogP contribution in [0.4, 0.5) is 11.9 Å². The number of aliphatic hydroxyl groups is 3. The fraction of sp³-hybridized carbons (Fsp3) is 0.333. The summed E-state index contributed by atoms with van der Waals surface area (Å²) in [5.74, 6) is -0.944. The Balaban J connectivity index is 1.78. The standard InChI is InChI=1S/C15H16N10O8/c16-12-20-8-3(9(29)22-12)18-15(32)24(8)25-10(30)4-7(21-13(25)17)23(14(31)19-4)11-6(28)5(27)2(1-26)33-11/h2,5-6,11,26-28H,1H2,(H2,17,21)(H,18,32)(H,19,31)(H3,16,20,22,29)/t2-,5?,6?,11-/m1/s1. The van der Waals surface area contributed by atoms with Gasteiger partial charge >= 0.3 is 16.9 Å². The highest BCUT2D eigenvalue weighted by Crippen LogP contribution is 2.29. The number of hydrogen-bond donors (Lipinski definition) is 8. The number of aliphatic hydroxyl groups excluding tert-OH is 3. The van der Waals surface area contributed by atoms with E-state index in [2.05, 4.69) is 24.9 Å². The van der Waals surface area contributed by atoms with Gasteiger partial charge in [0.15, 0.2) is 28.6 Å². The Morgan fingerprint density at radius 1 is 0.909 bits per heavy atom. The molecule has 1 saturated heterocycles. The van der Waals surface area contributed by atoms with E-state index in [1.807, 2.05) is 0 Å². The van der Waals surface area contributed by atoms with Crippen molar-refractivity contribution in [1.82, 2.24) is 38.8 Å². The number of rotatable bonds is 3. The van der Waals surface area contributed by atoms with Crippen LogP contribution in [-0.2, 0) is 4.74 Å². The highest BCUT2D eigenvalue weighted by Gasteiger charge is 2.45. The monoisotopic (exact) mass is 464 g/mol. The van der Waals surface area contributed by atoms with Crippen molar-refractivity contribution in [3.05, 3.63) is 41.7 Å². The van der Waals surface area contributed by atoms with E-state index < -0.39 is 65.1 Å². The van der Waals surface area contributed by atoms with Crippen LogP contribution in [0.1, 0.15) is 6.23 Å². The lowest BCUT2D eigenvalue weighted by Crippen LogP contribution is -2.36. The van der Waals surface area contributed by atoms with Gasteiger partial charge in [0.25, 0.3) is 5.56 Å². The van der Waals surface area contributed by atoms with Crippen LogP contribution in [0.25, 0.3) is 22.3 Å². The first-order chi connectivity index (χ1) is 15.6. The minimum Gasteiger partial charge on any atom is -0.394 e. The third-order valence-electron chi connectivity index (χ3n) is 5.26. The van der Waals surface area contributed by atoms with Crippen molar-refractivity contribution in [2.45, 2.75) is 24.5 Å². The Morgan fingerprint density at radius 2 is 1.61 bits per heavy atom. The molecule has 1 aliphatic rings. The van der Waals surface area contributed by atoms with Gasteiger partial charge in [-0.1, -0.05) is 0 Å². The van der Waals surface area contributed by atoms with Crippen molar-refractivity contribution >= 4 is 34.2 Å². The summed E-state index contributed by atoms with van der Waals surface area (Å²) in [5, 5.41) is 29.5. The summed E-state index contributed by atoms with van der Waals surface area (Å²) in [5.41, 5.74) is 6.28. The van der Waals surface area contributed by atoms with Crippen LogP contribution in [0, 0.1) is 0 Å². The second kappa shape index (κ2) is 6.87. The molecule has 174 valence electrons. The maximum absolute atomic E-state index is 13.2. The Kier molecular flexibility index (Phi) is 4.29. The van der Waals surface area contributed by atoms with Gasteiger partial charge in [0.1, 0.15) is 18.3 Å². The minimum atomic E-state index is -1.64. The average molecular weight is 464 g/mol. The van der Waals surface area contributed by atoms with Gasteiger partial charge in [-0.05, 0) is 0 Å². The van der Waals surface area contributed by atoms with E-state index in [9.17, 15) is 34.5 Å². The van der Waals surface area contributed by atoms with Crippen LogP contribution < -0.4 is 34.0 Å². The first-order valence-corrected chi connectivity index (χ1v) is 9.30. The van der Waals surface area contributed by atoms with E-state index in [4.69, 9.17) is 16.2 Å². The van der Waals surface area contributed by atoms with Crippen LogP contribution in [0.3, 0.4) is 0 Å². The zero-order chi connectivity index (χ0) is 23.8. The minimum absolute atomic E-state index is 0.293. The smallest absolute Gasteiger partial charge is 0.347 e. The third-order valence-corrected chi connectivity index (χ3v) is 5.26. The first-order valence-electron chi connectivity index (χ1n) is 9.30. The molecular formula is C15H16N10O8. The summed E-state index contributed by atoms with van der Waals surface area (Å²) in [6.07, 6.45) is -5.86. The lowest BCUT2D eigenvalue weighted by molar-refractivity contribution is -0.0524. The summed E-state index contributed by atoms with van der Waals surface area (Å²) < 4.78 is 7.27. The average Bonchev–Trinajstić information content (AvgIpc) is 3.35. The predicted octanol–water partition coefficient (Wildman–Crippen LogP) is -5.30. The molecule has 4 aromatic rings. The lowest BCUT2D eigenvalue weighted by atomic mass is 10.1. The summed E-state index contributed by atoms with van der Waals surface area (Å²) in [6.45, 7) is -0.646. The normalized spacial score (nSPS) is 23.1. The highest BCUT2D eigenvalue weighted by molar-refractivity contribution is 5.73. The van der Waals surface area contributed by atoms with Gasteiger partial charge in [-0.2, -0.15) is 19.3 Å². The zero-order valence-electron chi connectivity index (χ0n) is 16.3. The fourth-order valence-corrected chi connectivity index (χ4v) is 3.77. The number of hydrogen-bond acceptors (Lipinski definition) is 12. The van der Waals surface area contributed by atoms with Gasteiger partial charge in [-0.25, -0.2) is 14.2 Å². The fourth-order valence-electron chi connectivity index (χ4n) is 3.77. The van der Waals surface area contributed by atoms with Crippen LogP contribution in [0.15, 0.2) is 19.2 Å². The molecular weight excluding hydrogens is 448 g/mol. The van der Waals surface area contributed by atoms with E-state index in [1.54, 1.807) is 0 Å². The van der Waals surface area contributed by atoms with Crippen LogP contribution in [-0.4, -0.2) is 79.1 Å². The van der Waals surface area contributed by atoms with Gasteiger partial charge in [-0.15, -0.1) is 0 Å². The number of aromatic nitrogens is 8. The summed E-state index contributed by atoms with van der Waals surface area (Å²) in [6, 6.07) is 0. The zero-order valence-corrected chi connectivity index (χ0v) is 16.3. The molecule has 10 N–H and O–H groups in total. The van der Waals surface area contributed by atoms with Crippen molar-refractivity contribution in [2.75, 3.05) is 18.1 Å². The maximum atomic E-state index is 13.2. The Bertz CT molecular complexity index is 1650. The number of H-pyrrole nitrogens is 3. The second-order valence-electron chi connectivity index (χ2n) is 7.21. The molecule has 0 aromatic carbocycles. The van der Waals surface area contributed by atoms with Crippen molar-refractivity contribution in [3.63, 3.8) is 0 Å². The molecule has 33 heavy (non-hydrogen) atoms. The number of nitrogens with one attached hydrogen (secondary N) is 3. The van der Waals surface area contributed by atoms with Crippen molar-refractivity contribution in [2.24, 2.45) is 0 Å². The maximum Gasteiger partial charge on any atom is 0.347 e. The summed E-state index contributed by atoms with van der Waals surface area (Å²) in [7, 11) is 0. The first kappa shape index (κ1) is 20.6. The Morgan fingerprint density at radius 3 is 2.27 bits per heavy atom. The number of aromatic amines is 3. The second-order valence-corrected chi connectivity index (χ2v) is 7.21. The quantitative estimate of drug-likeness (QED) is 0.141. The van der Waals surface area contributed by atoms with Gasteiger partial charge in [0.05, 0.1) is 6.61 Å². The molecule has 4 aromatic heterocycles. The number of imidazole rings is 2. The number of fused-ring (bicyclic) bond motifs is 2. The molecule has 18 heteroatoms. The number of nitrogens with two attached hydrogens (primary N) is 2. The van der Waals surface area contributed by atoms with Gasteiger partial charge in [0, 0.05) is 0 Å². The number of anilines is 2. The molecule has 0 radical (unpaired) electrons. The molecule has 0 spiro atoms.